The molecule has 0 amide bonds. The summed E-state index contributed by atoms with van der Waals surface area (Å²) in [6, 6.07) is 8.95. The molecule has 2 nitrogen and oxygen atoms in total. The highest BCUT2D eigenvalue weighted by Gasteiger charge is 2.15. The Morgan fingerprint density at radius 2 is 1.89 bits per heavy atom. The van der Waals surface area contributed by atoms with Crippen LogP contribution in [0.5, 0.6) is 5.75 Å². The van der Waals surface area contributed by atoms with E-state index in [1.807, 2.05) is 0 Å². The lowest BCUT2D eigenvalue weighted by Gasteiger charge is -2.17. The van der Waals surface area contributed by atoms with Crippen molar-refractivity contribution in [3.63, 3.8) is 0 Å². The molecule has 1 aliphatic carbocycles. The van der Waals surface area contributed by atoms with Gasteiger partial charge in [-0.25, -0.2) is 0 Å². The van der Waals surface area contributed by atoms with Crippen LogP contribution in [0.3, 0.4) is 0 Å². The van der Waals surface area contributed by atoms with Crippen LogP contribution in [0, 0.1) is 5.92 Å². The van der Waals surface area contributed by atoms with E-state index in [-0.39, 0.29) is 0 Å². The van der Waals surface area contributed by atoms with Gasteiger partial charge in [0, 0.05) is 6.04 Å². The summed E-state index contributed by atoms with van der Waals surface area (Å²) < 4.78 is 5.61. The van der Waals surface area contributed by atoms with Gasteiger partial charge in [-0.15, -0.1) is 0 Å². The predicted octanol–water partition coefficient (Wildman–Crippen LogP) is 4.32. The summed E-state index contributed by atoms with van der Waals surface area (Å²) in [5.74, 6) is 1.88. The van der Waals surface area contributed by atoms with Crippen LogP contribution in [0.4, 0.5) is 0 Å². The Kier molecular flexibility index (Phi) is 5.71. The average molecular weight is 261 g/mol. The summed E-state index contributed by atoms with van der Waals surface area (Å²) in [6.07, 6.45) is 6.71. The molecule has 1 saturated carbocycles. The molecule has 2 heteroatoms. The first-order chi connectivity index (χ1) is 9.29. The molecular weight excluding hydrogens is 234 g/mol. The summed E-state index contributed by atoms with van der Waals surface area (Å²) in [7, 11) is 0. The highest BCUT2D eigenvalue weighted by molar-refractivity contribution is 5.28. The maximum Gasteiger partial charge on any atom is 0.119 e. The zero-order valence-electron chi connectivity index (χ0n) is 12.3. The number of hydrogen-bond acceptors (Lipinski definition) is 2. The quantitative estimate of drug-likeness (QED) is 0.789. The van der Waals surface area contributed by atoms with Crippen LogP contribution in [0.25, 0.3) is 0 Å². The molecule has 1 unspecified atom stereocenters. The van der Waals surface area contributed by atoms with E-state index in [2.05, 4.69) is 43.4 Å². The van der Waals surface area contributed by atoms with Crippen LogP contribution in [0.15, 0.2) is 24.3 Å². The van der Waals surface area contributed by atoms with Crippen molar-refractivity contribution in [1.82, 2.24) is 5.32 Å². The summed E-state index contributed by atoms with van der Waals surface area (Å²) >= 11 is 0. The molecule has 1 aliphatic rings. The third-order valence-corrected chi connectivity index (χ3v) is 4.04. The fourth-order valence-electron chi connectivity index (χ4n) is 2.75. The van der Waals surface area contributed by atoms with Crippen molar-refractivity contribution in [2.24, 2.45) is 5.92 Å². The van der Waals surface area contributed by atoms with Crippen molar-refractivity contribution in [3.05, 3.63) is 29.8 Å². The van der Waals surface area contributed by atoms with Crippen molar-refractivity contribution in [2.75, 3.05) is 13.2 Å². The van der Waals surface area contributed by atoms with Gasteiger partial charge in [0.1, 0.15) is 5.75 Å². The molecule has 0 aliphatic heterocycles. The van der Waals surface area contributed by atoms with Gasteiger partial charge >= 0.3 is 0 Å². The minimum absolute atomic E-state index is 0.431. The summed E-state index contributed by atoms with van der Waals surface area (Å²) in [5.41, 5.74) is 1.35. The zero-order valence-corrected chi connectivity index (χ0v) is 12.3. The predicted molar refractivity (Wildman–Crippen MR) is 80.6 cm³/mol. The molecule has 19 heavy (non-hydrogen) atoms. The van der Waals surface area contributed by atoms with Gasteiger partial charge in [-0.2, -0.15) is 0 Å². The number of hydrogen-bond donors (Lipinski definition) is 1. The second-order valence-electron chi connectivity index (χ2n) is 5.70. The van der Waals surface area contributed by atoms with Gasteiger partial charge in [-0.3, -0.25) is 0 Å². The van der Waals surface area contributed by atoms with Gasteiger partial charge < -0.3 is 10.1 Å². The highest BCUT2D eigenvalue weighted by atomic mass is 16.5. The average Bonchev–Trinajstić information content (AvgIpc) is 2.96. The lowest BCUT2D eigenvalue weighted by atomic mass is 10.1. The van der Waals surface area contributed by atoms with Crippen LogP contribution >= 0.6 is 0 Å². The number of ether oxygens (including phenoxy) is 1. The molecule has 1 N–H and O–H groups in total. The van der Waals surface area contributed by atoms with E-state index in [0.717, 1.165) is 31.2 Å². The second kappa shape index (κ2) is 7.54. The highest BCUT2D eigenvalue weighted by Crippen LogP contribution is 2.25. The van der Waals surface area contributed by atoms with Gasteiger partial charge in [0.25, 0.3) is 0 Å². The molecule has 106 valence electrons. The Balaban J connectivity index is 1.79. The van der Waals surface area contributed by atoms with E-state index in [1.165, 1.54) is 31.2 Å². The van der Waals surface area contributed by atoms with Crippen molar-refractivity contribution in [3.8, 4) is 5.75 Å². The van der Waals surface area contributed by atoms with E-state index in [0.29, 0.717) is 6.04 Å². The molecule has 0 heterocycles. The molecule has 0 aromatic heterocycles. The molecule has 1 fully saturated rings. The Labute approximate surface area is 117 Å². The number of rotatable bonds is 7. The molecule has 0 radical (unpaired) electrons. The van der Waals surface area contributed by atoms with Crippen molar-refractivity contribution < 1.29 is 4.74 Å². The van der Waals surface area contributed by atoms with Gasteiger partial charge in [-0.1, -0.05) is 31.9 Å². The fraction of sp³-hybridized carbons (Fsp3) is 0.647. The van der Waals surface area contributed by atoms with Gasteiger partial charge in [0.2, 0.25) is 0 Å². The van der Waals surface area contributed by atoms with Crippen LogP contribution < -0.4 is 10.1 Å². The van der Waals surface area contributed by atoms with Crippen molar-refractivity contribution >= 4 is 0 Å². The first-order valence-corrected chi connectivity index (χ1v) is 7.75. The Morgan fingerprint density at radius 1 is 1.21 bits per heavy atom. The summed E-state index contributed by atoms with van der Waals surface area (Å²) in [4.78, 5) is 0. The molecule has 0 bridgehead atoms. The summed E-state index contributed by atoms with van der Waals surface area (Å²) in [5, 5.41) is 3.66. The van der Waals surface area contributed by atoms with Crippen LogP contribution in [0.2, 0.25) is 0 Å². The van der Waals surface area contributed by atoms with E-state index in [1.54, 1.807) is 0 Å². The van der Waals surface area contributed by atoms with Crippen LogP contribution in [-0.4, -0.2) is 13.2 Å². The van der Waals surface area contributed by atoms with Gasteiger partial charge in [0.15, 0.2) is 0 Å². The van der Waals surface area contributed by atoms with Gasteiger partial charge in [0.05, 0.1) is 6.61 Å². The molecule has 1 aromatic carbocycles. The van der Waals surface area contributed by atoms with E-state index < -0.39 is 0 Å². The molecule has 1 aromatic rings. The number of benzene rings is 1. The molecule has 0 spiro atoms. The Morgan fingerprint density at radius 3 is 2.53 bits per heavy atom. The Bertz CT molecular complexity index is 354. The maximum atomic E-state index is 5.61. The largest absolute Gasteiger partial charge is 0.494 e. The SMILES string of the molecule is CCCOc1ccc(C(C)NCC2CCCC2)cc1. The van der Waals surface area contributed by atoms with Crippen molar-refractivity contribution in [2.45, 2.75) is 52.0 Å². The second-order valence-corrected chi connectivity index (χ2v) is 5.70. The molecule has 2 rings (SSSR count). The fourth-order valence-corrected chi connectivity index (χ4v) is 2.75. The Hall–Kier alpha value is -1.02. The minimum atomic E-state index is 0.431. The lowest BCUT2D eigenvalue weighted by molar-refractivity contribution is 0.317. The molecular formula is C17H27NO. The third-order valence-electron chi connectivity index (χ3n) is 4.04. The standard InChI is InChI=1S/C17H27NO/c1-3-12-19-17-10-8-16(9-11-17)14(2)18-13-15-6-4-5-7-15/h8-11,14-15,18H,3-7,12-13H2,1-2H3. The lowest BCUT2D eigenvalue weighted by Crippen LogP contribution is -2.24. The third kappa shape index (κ3) is 4.54. The van der Waals surface area contributed by atoms with E-state index in [9.17, 15) is 0 Å². The monoisotopic (exact) mass is 261 g/mol. The maximum absolute atomic E-state index is 5.61. The summed E-state index contributed by atoms with van der Waals surface area (Å²) in [6.45, 7) is 6.34. The zero-order chi connectivity index (χ0) is 13.5. The smallest absolute Gasteiger partial charge is 0.119 e. The molecule has 1 atom stereocenters. The number of nitrogens with one attached hydrogen (secondary N) is 1. The normalized spacial score (nSPS) is 17.6. The van der Waals surface area contributed by atoms with Gasteiger partial charge in [-0.05, 0) is 56.3 Å². The van der Waals surface area contributed by atoms with E-state index >= 15 is 0 Å². The van der Waals surface area contributed by atoms with E-state index in [4.69, 9.17) is 4.74 Å². The van der Waals surface area contributed by atoms with Crippen molar-refractivity contribution in [1.29, 1.82) is 0 Å². The van der Waals surface area contributed by atoms with Crippen LogP contribution in [-0.2, 0) is 0 Å². The first kappa shape index (κ1) is 14.4. The van der Waals surface area contributed by atoms with Crippen LogP contribution in [0.1, 0.15) is 57.6 Å². The first-order valence-electron chi connectivity index (χ1n) is 7.75. The minimum Gasteiger partial charge on any atom is -0.494 e. The molecule has 0 saturated heterocycles. The topological polar surface area (TPSA) is 21.3 Å².